The van der Waals surface area contributed by atoms with Crippen LogP contribution in [-0.4, -0.2) is 64.4 Å². The second-order valence-electron chi connectivity index (χ2n) is 7.25. The molecule has 0 aliphatic carbocycles. The average molecular weight is 412 g/mol. The SMILES string of the molecule is C[C@@H]1COCCN1c1cc(-c2cncc3[nH]ccc23)nc2c1ncn2S(C)(=O)=O. The molecule has 1 aliphatic heterocycles. The fraction of sp³-hybridized carbons (Fsp3) is 0.316. The molecule has 0 unspecified atom stereocenters. The van der Waals surface area contributed by atoms with Gasteiger partial charge in [0, 0.05) is 35.9 Å². The van der Waals surface area contributed by atoms with E-state index < -0.39 is 10.0 Å². The van der Waals surface area contributed by atoms with Crippen molar-refractivity contribution in [2.24, 2.45) is 0 Å². The Balaban J connectivity index is 1.82. The van der Waals surface area contributed by atoms with Gasteiger partial charge in [0.15, 0.2) is 5.65 Å². The molecule has 29 heavy (non-hydrogen) atoms. The molecule has 4 aromatic rings. The van der Waals surface area contributed by atoms with Crippen molar-refractivity contribution >= 4 is 37.8 Å². The molecule has 0 aromatic carbocycles. The van der Waals surface area contributed by atoms with Gasteiger partial charge in [-0.2, -0.15) is 0 Å². The number of aromatic amines is 1. The minimum atomic E-state index is -3.55. The summed E-state index contributed by atoms with van der Waals surface area (Å²) in [6.45, 7) is 3.97. The quantitative estimate of drug-likeness (QED) is 0.549. The van der Waals surface area contributed by atoms with Crippen LogP contribution in [0.25, 0.3) is 33.3 Å². The molecule has 5 heterocycles. The number of rotatable bonds is 3. The molecule has 0 amide bonds. The molecule has 5 rings (SSSR count). The van der Waals surface area contributed by atoms with Crippen molar-refractivity contribution in [1.82, 2.24) is 23.9 Å². The number of morpholine rings is 1. The van der Waals surface area contributed by atoms with E-state index in [0.717, 1.165) is 32.4 Å². The summed E-state index contributed by atoms with van der Waals surface area (Å²) in [6, 6.07) is 4.06. The van der Waals surface area contributed by atoms with E-state index in [4.69, 9.17) is 9.72 Å². The maximum absolute atomic E-state index is 12.3. The summed E-state index contributed by atoms with van der Waals surface area (Å²) in [5.74, 6) is 0. The highest BCUT2D eigenvalue weighted by atomic mass is 32.2. The van der Waals surface area contributed by atoms with Gasteiger partial charge in [-0.25, -0.2) is 22.4 Å². The minimum absolute atomic E-state index is 0.131. The minimum Gasteiger partial charge on any atom is -0.377 e. The van der Waals surface area contributed by atoms with E-state index in [-0.39, 0.29) is 6.04 Å². The van der Waals surface area contributed by atoms with Gasteiger partial charge in [-0.3, -0.25) is 4.98 Å². The van der Waals surface area contributed by atoms with Gasteiger partial charge in [0.2, 0.25) is 10.0 Å². The second-order valence-corrected chi connectivity index (χ2v) is 9.10. The van der Waals surface area contributed by atoms with Crippen LogP contribution in [0.1, 0.15) is 6.92 Å². The smallest absolute Gasteiger partial charge is 0.238 e. The molecular weight excluding hydrogens is 392 g/mol. The van der Waals surface area contributed by atoms with Crippen LogP contribution >= 0.6 is 0 Å². The van der Waals surface area contributed by atoms with Gasteiger partial charge in [0.25, 0.3) is 0 Å². The number of ether oxygens (including phenoxy) is 1. The monoisotopic (exact) mass is 412 g/mol. The first-order valence-corrected chi connectivity index (χ1v) is 11.1. The van der Waals surface area contributed by atoms with Crippen LogP contribution in [0.3, 0.4) is 0 Å². The van der Waals surface area contributed by atoms with E-state index in [1.807, 2.05) is 18.3 Å². The van der Waals surface area contributed by atoms with Gasteiger partial charge < -0.3 is 14.6 Å². The third-order valence-electron chi connectivity index (χ3n) is 5.24. The van der Waals surface area contributed by atoms with Gasteiger partial charge in [-0.05, 0) is 19.1 Å². The number of imidazole rings is 1. The predicted molar refractivity (Wildman–Crippen MR) is 110 cm³/mol. The third kappa shape index (κ3) is 2.95. The summed E-state index contributed by atoms with van der Waals surface area (Å²) in [6.07, 6.45) is 7.82. The summed E-state index contributed by atoms with van der Waals surface area (Å²) in [5.41, 5.74) is 4.08. The van der Waals surface area contributed by atoms with Gasteiger partial charge in [0.1, 0.15) is 11.8 Å². The van der Waals surface area contributed by atoms with Gasteiger partial charge in [0.05, 0.1) is 42.6 Å². The Hall–Kier alpha value is -2.98. The molecule has 0 bridgehead atoms. The fourth-order valence-electron chi connectivity index (χ4n) is 3.82. The van der Waals surface area contributed by atoms with E-state index in [9.17, 15) is 8.42 Å². The number of hydrogen-bond acceptors (Lipinski definition) is 7. The van der Waals surface area contributed by atoms with E-state index >= 15 is 0 Å². The Morgan fingerprint density at radius 3 is 2.97 bits per heavy atom. The summed E-state index contributed by atoms with van der Waals surface area (Å²) < 4.78 is 31.3. The van der Waals surface area contributed by atoms with Crippen molar-refractivity contribution in [1.29, 1.82) is 0 Å². The van der Waals surface area contributed by atoms with Crippen LogP contribution in [0.4, 0.5) is 5.69 Å². The Labute approximate surface area is 167 Å². The molecule has 0 spiro atoms. The van der Waals surface area contributed by atoms with Crippen LogP contribution in [-0.2, 0) is 14.8 Å². The number of H-pyrrole nitrogens is 1. The highest BCUT2D eigenvalue weighted by molar-refractivity contribution is 7.89. The second kappa shape index (κ2) is 6.53. The molecule has 1 N–H and O–H groups in total. The van der Waals surface area contributed by atoms with Crippen LogP contribution in [0, 0.1) is 0 Å². The van der Waals surface area contributed by atoms with Crippen molar-refractivity contribution < 1.29 is 13.2 Å². The Bertz CT molecular complexity index is 1330. The topological polar surface area (TPSA) is 106 Å². The summed E-state index contributed by atoms with van der Waals surface area (Å²) >= 11 is 0. The molecule has 4 aromatic heterocycles. The fourth-order valence-corrected chi connectivity index (χ4v) is 4.48. The lowest BCUT2D eigenvalue weighted by Gasteiger charge is -2.35. The van der Waals surface area contributed by atoms with Gasteiger partial charge in [-0.15, -0.1) is 0 Å². The molecule has 10 heteroatoms. The van der Waals surface area contributed by atoms with Gasteiger partial charge in [-0.1, -0.05) is 0 Å². The third-order valence-corrected chi connectivity index (χ3v) is 6.22. The number of nitrogens with one attached hydrogen (secondary N) is 1. The van der Waals surface area contributed by atoms with E-state index in [2.05, 4.69) is 26.8 Å². The Morgan fingerprint density at radius 1 is 1.31 bits per heavy atom. The maximum atomic E-state index is 12.3. The van der Waals surface area contributed by atoms with E-state index in [1.165, 1.54) is 6.33 Å². The largest absolute Gasteiger partial charge is 0.377 e. The zero-order valence-corrected chi connectivity index (χ0v) is 16.8. The van der Waals surface area contributed by atoms with E-state index in [0.29, 0.717) is 36.6 Å². The zero-order chi connectivity index (χ0) is 20.2. The number of hydrogen-bond donors (Lipinski definition) is 1. The van der Waals surface area contributed by atoms with Gasteiger partial charge >= 0.3 is 0 Å². The average Bonchev–Trinajstić information content (AvgIpc) is 3.34. The number of anilines is 1. The highest BCUT2D eigenvalue weighted by Crippen LogP contribution is 2.34. The molecule has 1 aliphatic rings. The normalized spacial score (nSPS) is 18.0. The predicted octanol–water partition coefficient (Wildman–Crippen LogP) is 2.01. The van der Waals surface area contributed by atoms with Crippen LogP contribution in [0.15, 0.2) is 37.1 Å². The lowest BCUT2D eigenvalue weighted by atomic mass is 10.1. The van der Waals surface area contributed by atoms with Crippen molar-refractivity contribution in [3.8, 4) is 11.3 Å². The first-order valence-electron chi connectivity index (χ1n) is 9.28. The number of pyridine rings is 2. The molecule has 0 radical (unpaired) electrons. The lowest BCUT2D eigenvalue weighted by Crippen LogP contribution is -2.43. The summed E-state index contributed by atoms with van der Waals surface area (Å²) in [5, 5.41) is 0.971. The Kier molecular flexibility index (Phi) is 4.07. The van der Waals surface area contributed by atoms with E-state index in [1.54, 1.807) is 12.4 Å². The van der Waals surface area contributed by atoms with Crippen LogP contribution < -0.4 is 4.90 Å². The van der Waals surface area contributed by atoms with Crippen LogP contribution in [0.2, 0.25) is 0 Å². The summed E-state index contributed by atoms with van der Waals surface area (Å²) in [7, 11) is -3.55. The van der Waals surface area contributed by atoms with Crippen LogP contribution in [0.5, 0.6) is 0 Å². The number of fused-ring (bicyclic) bond motifs is 2. The first-order chi connectivity index (χ1) is 13.9. The Morgan fingerprint density at radius 2 is 2.17 bits per heavy atom. The molecule has 0 saturated carbocycles. The number of aromatic nitrogens is 5. The first kappa shape index (κ1) is 18.1. The van der Waals surface area contributed by atoms with Crippen molar-refractivity contribution in [2.45, 2.75) is 13.0 Å². The highest BCUT2D eigenvalue weighted by Gasteiger charge is 2.25. The molecule has 1 saturated heterocycles. The van der Waals surface area contributed by atoms with Crippen molar-refractivity contribution in [2.75, 3.05) is 30.9 Å². The van der Waals surface area contributed by atoms with Crippen molar-refractivity contribution in [3.05, 3.63) is 37.1 Å². The molecular formula is C19H20N6O3S. The zero-order valence-electron chi connectivity index (χ0n) is 16.0. The molecule has 1 atom stereocenters. The van der Waals surface area contributed by atoms with Crippen molar-refractivity contribution in [3.63, 3.8) is 0 Å². The molecule has 9 nitrogen and oxygen atoms in total. The molecule has 150 valence electrons. The lowest BCUT2D eigenvalue weighted by molar-refractivity contribution is 0.0991. The summed E-state index contributed by atoms with van der Waals surface area (Å²) in [4.78, 5) is 18.8. The number of nitrogens with zero attached hydrogens (tertiary/aromatic N) is 5. The molecule has 1 fully saturated rings. The standard InChI is InChI=1S/C19H20N6O3S/c1-12-10-28-6-5-24(12)17-7-15(14-8-20-9-16-13(14)3-4-21-16)23-19-18(17)22-11-25(19)29(2,26)27/h3-4,7-9,11-12,21H,5-6,10H2,1-2H3/t12-/m1/s1. The maximum Gasteiger partial charge on any atom is 0.238 e.